The van der Waals surface area contributed by atoms with Crippen LogP contribution in [0.25, 0.3) is 0 Å². The maximum atomic E-state index is 12.2. The van der Waals surface area contributed by atoms with Gasteiger partial charge in [-0.25, -0.2) is 8.42 Å². The van der Waals surface area contributed by atoms with Gasteiger partial charge in [0.2, 0.25) is 0 Å². The van der Waals surface area contributed by atoms with Gasteiger partial charge < -0.3 is 10.2 Å². The monoisotopic (exact) mass is 346 g/mol. The first-order chi connectivity index (χ1) is 11.3. The number of nitrogens with one attached hydrogen (secondary N) is 1. The second-order valence-corrected chi connectivity index (χ2v) is 7.95. The van der Waals surface area contributed by atoms with Gasteiger partial charge in [-0.05, 0) is 35.9 Å². The summed E-state index contributed by atoms with van der Waals surface area (Å²) in [5, 5.41) is 2.85. The fourth-order valence-corrected chi connectivity index (χ4v) is 3.08. The first-order valence-corrected chi connectivity index (χ1v) is 9.36. The van der Waals surface area contributed by atoms with Crippen molar-refractivity contribution in [1.29, 1.82) is 0 Å². The van der Waals surface area contributed by atoms with E-state index in [0.717, 1.165) is 11.3 Å². The molecule has 0 unspecified atom stereocenters. The summed E-state index contributed by atoms with van der Waals surface area (Å²) in [5.74, 6) is -0.0883. The Labute approximate surface area is 143 Å². The average molecular weight is 346 g/mol. The van der Waals surface area contributed by atoms with E-state index in [1.165, 1.54) is 0 Å². The van der Waals surface area contributed by atoms with E-state index in [-0.39, 0.29) is 11.7 Å². The van der Waals surface area contributed by atoms with Gasteiger partial charge in [0.25, 0.3) is 5.91 Å². The molecule has 0 fully saturated rings. The number of rotatable bonds is 6. The number of hydrogen-bond donors (Lipinski definition) is 1. The van der Waals surface area contributed by atoms with Crippen LogP contribution in [0.3, 0.4) is 0 Å². The maximum absolute atomic E-state index is 12.2. The minimum Gasteiger partial charge on any atom is -0.378 e. The molecule has 2 aromatic rings. The van der Waals surface area contributed by atoms with Crippen molar-refractivity contribution in [2.75, 3.05) is 24.7 Å². The zero-order valence-electron chi connectivity index (χ0n) is 14.1. The predicted octanol–water partition coefficient (Wildman–Crippen LogP) is 2.48. The van der Waals surface area contributed by atoms with Crippen molar-refractivity contribution in [2.24, 2.45) is 0 Å². The first-order valence-electron chi connectivity index (χ1n) is 7.71. The van der Waals surface area contributed by atoms with Crippen molar-refractivity contribution in [2.45, 2.75) is 18.4 Å². The number of carbonyl (C=O) groups is 1. The van der Waals surface area contributed by atoms with Crippen LogP contribution in [-0.4, -0.2) is 34.2 Å². The van der Waals surface area contributed by atoms with Gasteiger partial charge in [0, 0.05) is 31.9 Å². The van der Waals surface area contributed by atoms with E-state index >= 15 is 0 Å². The lowest BCUT2D eigenvalue weighted by atomic mass is 10.1. The van der Waals surface area contributed by atoms with E-state index in [2.05, 4.69) is 5.32 Å². The van der Waals surface area contributed by atoms with Gasteiger partial charge in [0.15, 0.2) is 9.84 Å². The Bertz CT molecular complexity index is 812. The van der Waals surface area contributed by atoms with E-state index in [9.17, 15) is 13.2 Å². The molecular formula is C18H22N2O3S. The highest BCUT2D eigenvalue weighted by molar-refractivity contribution is 7.91. The molecule has 2 aromatic carbocycles. The van der Waals surface area contributed by atoms with Crippen LogP contribution < -0.4 is 10.2 Å². The Morgan fingerprint density at radius 2 is 1.75 bits per heavy atom. The highest BCUT2D eigenvalue weighted by atomic mass is 32.2. The molecule has 0 spiro atoms. The SMILES string of the molecule is CCS(=O)(=O)c1ccc(CNC(=O)c2cccc(N(C)C)c2)cc1. The summed E-state index contributed by atoms with van der Waals surface area (Å²) in [4.78, 5) is 14.5. The molecule has 2 rings (SSSR count). The number of nitrogens with zero attached hydrogens (tertiary/aromatic N) is 1. The summed E-state index contributed by atoms with van der Waals surface area (Å²) in [6.45, 7) is 1.96. The molecule has 0 radical (unpaired) electrons. The maximum Gasteiger partial charge on any atom is 0.251 e. The molecule has 128 valence electrons. The van der Waals surface area contributed by atoms with Crippen LogP contribution in [0, 0.1) is 0 Å². The van der Waals surface area contributed by atoms with Crippen molar-refractivity contribution in [1.82, 2.24) is 5.32 Å². The molecule has 0 aliphatic carbocycles. The highest BCUT2D eigenvalue weighted by Gasteiger charge is 2.11. The zero-order chi connectivity index (χ0) is 17.7. The van der Waals surface area contributed by atoms with Crippen molar-refractivity contribution in [3.8, 4) is 0 Å². The Morgan fingerprint density at radius 1 is 1.08 bits per heavy atom. The van der Waals surface area contributed by atoms with E-state index in [1.807, 2.05) is 37.2 Å². The van der Waals surface area contributed by atoms with E-state index in [0.29, 0.717) is 17.0 Å². The van der Waals surface area contributed by atoms with Crippen LogP contribution in [0.4, 0.5) is 5.69 Å². The fourth-order valence-electron chi connectivity index (χ4n) is 2.19. The average Bonchev–Trinajstić information content (AvgIpc) is 2.60. The quantitative estimate of drug-likeness (QED) is 0.873. The van der Waals surface area contributed by atoms with Crippen LogP contribution in [0.1, 0.15) is 22.8 Å². The highest BCUT2D eigenvalue weighted by Crippen LogP contribution is 2.14. The summed E-state index contributed by atoms with van der Waals surface area (Å²) in [7, 11) is 0.645. The fraction of sp³-hybridized carbons (Fsp3) is 0.278. The predicted molar refractivity (Wildman–Crippen MR) is 96.1 cm³/mol. The van der Waals surface area contributed by atoms with E-state index < -0.39 is 9.84 Å². The minimum absolute atomic E-state index is 0.0747. The van der Waals surface area contributed by atoms with Gasteiger partial charge in [-0.2, -0.15) is 0 Å². The van der Waals surface area contributed by atoms with Crippen molar-refractivity contribution < 1.29 is 13.2 Å². The van der Waals surface area contributed by atoms with Gasteiger partial charge in [0.05, 0.1) is 10.6 Å². The lowest BCUT2D eigenvalue weighted by Gasteiger charge is -2.13. The molecule has 1 amide bonds. The molecule has 0 aliphatic rings. The van der Waals surface area contributed by atoms with E-state index in [4.69, 9.17) is 0 Å². The first kappa shape index (κ1) is 18.0. The topological polar surface area (TPSA) is 66.5 Å². The smallest absolute Gasteiger partial charge is 0.251 e. The number of amides is 1. The molecule has 24 heavy (non-hydrogen) atoms. The van der Waals surface area contributed by atoms with Crippen LogP contribution in [0.2, 0.25) is 0 Å². The molecule has 0 atom stereocenters. The van der Waals surface area contributed by atoms with Crippen molar-refractivity contribution >= 4 is 21.4 Å². The van der Waals surface area contributed by atoms with Crippen molar-refractivity contribution in [3.63, 3.8) is 0 Å². The number of sulfone groups is 1. The van der Waals surface area contributed by atoms with Crippen LogP contribution >= 0.6 is 0 Å². The normalized spacial score (nSPS) is 11.1. The molecule has 0 aromatic heterocycles. The third-order valence-electron chi connectivity index (χ3n) is 3.74. The summed E-state index contributed by atoms with van der Waals surface area (Å²) < 4.78 is 23.6. The second-order valence-electron chi connectivity index (χ2n) is 5.67. The van der Waals surface area contributed by atoms with Gasteiger partial charge >= 0.3 is 0 Å². The Kier molecular flexibility index (Phi) is 5.62. The van der Waals surface area contributed by atoms with Crippen molar-refractivity contribution in [3.05, 3.63) is 59.7 Å². The molecule has 5 nitrogen and oxygen atoms in total. The molecule has 0 saturated heterocycles. The summed E-state index contributed by atoms with van der Waals surface area (Å²) >= 11 is 0. The Balaban J connectivity index is 2.03. The summed E-state index contributed by atoms with van der Waals surface area (Å²) in [6, 6.07) is 14.0. The molecule has 1 N–H and O–H groups in total. The lowest BCUT2D eigenvalue weighted by Crippen LogP contribution is -2.23. The van der Waals surface area contributed by atoms with Gasteiger partial charge in [-0.1, -0.05) is 25.1 Å². The minimum atomic E-state index is -3.19. The van der Waals surface area contributed by atoms with Crippen LogP contribution in [-0.2, 0) is 16.4 Å². The standard InChI is InChI=1S/C18H22N2O3S/c1-4-24(22,23)17-10-8-14(9-11-17)13-19-18(21)15-6-5-7-16(12-15)20(2)3/h5-12H,4,13H2,1-3H3,(H,19,21). The number of anilines is 1. The molecule has 0 heterocycles. The summed E-state index contributed by atoms with van der Waals surface area (Å²) in [6.07, 6.45) is 0. The molecule has 6 heteroatoms. The number of benzene rings is 2. The lowest BCUT2D eigenvalue weighted by molar-refractivity contribution is 0.0951. The Morgan fingerprint density at radius 3 is 2.33 bits per heavy atom. The molecule has 0 bridgehead atoms. The third kappa shape index (κ3) is 4.35. The van der Waals surface area contributed by atoms with Crippen LogP contribution in [0.15, 0.2) is 53.4 Å². The number of hydrogen-bond acceptors (Lipinski definition) is 4. The summed E-state index contributed by atoms with van der Waals surface area (Å²) in [5.41, 5.74) is 2.39. The van der Waals surface area contributed by atoms with Gasteiger partial charge in [0.1, 0.15) is 0 Å². The number of carbonyl (C=O) groups excluding carboxylic acids is 1. The largest absolute Gasteiger partial charge is 0.378 e. The second kappa shape index (κ2) is 7.49. The van der Waals surface area contributed by atoms with Gasteiger partial charge in [-0.15, -0.1) is 0 Å². The van der Waals surface area contributed by atoms with E-state index in [1.54, 1.807) is 37.3 Å². The third-order valence-corrected chi connectivity index (χ3v) is 5.49. The molecule has 0 saturated carbocycles. The Hall–Kier alpha value is -2.34. The van der Waals surface area contributed by atoms with Crippen LogP contribution in [0.5, 0.6) is 0 Å². The zero-order valence-corrected chi connectivity index (χ0v) is 14.9. The molecule has 0 aliphatic heterocycles. The van der Waals surface area contributed by atoms with Gasteiger partial charge in [-0.3, -0.25) is 4.79 Å². The molecular weight excluding hydrogens is 324 g/mol.